The third-order valence-corrected chi connectivity index (χ3v) is 9.85. The molecule has 0 bridgehead atoms. The molecule has 51 heavy (non-hydrogen) atoms. The predicted octanol–water partition coefficient (Wildman–Crippen LogP) is 14.1. The van der Waals surface area contributed by atoms with Crippen LogP contribution in [0.5, 0.6) is 0 Å². The second kappa shape index (κ2) is 13.3. The highest BCUT2D eigenvalue weighted by molar-refractivity contribution is 6.15. The van der Waals surface area contributed by atoms with Gasteiger partial charge in [0.05, 0.1) is 11.4 Å². The Morgan fingerprint density at radius 1 is 0.255 bits per heavy atom. The monoisotopic (exact) mass is 649 g/mol. The van der Waals surface area contributed by atoms with Crippen LogP contribution in [0.1, 0.15) is 0 Å². The van der Waals surface area contributed by atoms with E-state index in [2.05, 4.69) is 217 Å². The number of hydrogen-bond donors (Lipinski definition) is 0. The number of nitrogens with zero attached hydrogens (tertiary/aromatic N) is 1. The fraction of sp³-hybridized carbons (Fsp3) is 0. The number of rotatable bonds is 7. The van der Waals surface area contributed by atoms with Gasteiger partial charge in [0, 0.05) is 16.6 Å². The smallest absolute Gasteiger partial charge is 0.0546 e. The van der Waals surface area contributed by atoms with Crippen molar-refractivity contribution in [2.75, 3.05) is 4.90 Å². The molecule has 0 saturated carbocycles. The molecule has 0 fully saturated rings. The zero-order chi connectivity index (χ0) is 34.0. The number of fused-ring (bicyclic) bond motifs is 3. The minimum atomic E-state index is 1.10. The highest BCUT2D eigenvalue weighted by Crippen LogP contribution is 2.46. The van der Waals surface area contributed by atoms with Crippen molar-refractivity contribution in [1.29, 1.82) is 0 Å². The van der Waals surface area contributed by atoms with Gasteiger partial charge in [0.1, 0.15) is 0 Å². The van der Waals surface area contributed by atoms with Crippen molar-refractivity contribution in [3.63, 3.8) is 0 Å². The van der Waals surface area contributed by atoms with Crippen LogP contribution in [-0.4, -0.2) is 0 Å². The van der Waals surface area contributed by atoms with E-state index >= 15 is 0 Å². The lowest BCUT2D eigenvalue weighted by atomic mass is 9.93. The van der Waals surface area contributed by atoms with Gasteiger partial charge in [0.2, 0.25) is 0 Å². The molecule has 0 atom stereocenters. The Bertz CT molecular complexity index is 2610. The second-order valence-corrected chi connectivity index (χ2v) is 13.0. The summed E-state index contributed by atoms with van der Waals surface area (Å²) in [6.07, 6.45) is 0. The molecule has 0 saturated heterocycles. The first-order valence-electron chi connectivity index (χ1n) is 17.5. The van der Waals surface area contributed by atoms with Crippen LogP contribution in [0.25, 0.3) is 66.1 Å². The minimum absolute atomic E-state index is 1.10. The number of anilines is 3. The van der Waals surface area contributed by atoms with Crippen LogP contribution in [-0.2, 0) is 0 Å². The van der Waals surface area contributed by atoms with Crippen molar-refractivity contribution in [1.82, 2.24) is 0 Å². The highest BCUT2D eigenvalue weighted by Gasteiger charge is 2.21. The average Bonchev–Trinajstić information content (AvgIpc) is 3.22. The van der Waals surface area contributed by atoms with Crippen molar-refractivity contribution >= 4 is 38.6 Å². The zero-order valence-electron chi connectivity index (χ0n) is 28.2. The molecule has 240 valence electrons. The highest BCUT2D eigenvalue weighted by atomic mass is 15.1. The minimum Gasteiger partial charge on any atom is -0.309 e. The molecule has 0 unspecified atom stereocenters. The average molecular weight is 650 g/mol. The van der Waals surface area contributed by atoms with Crippen molar-refractivity contribution < 1.29 is 0 Å². The van der Waals surface area contributed by atoms with E-state index in [1.807, 2.05) is 0 Å². The largest absolute Gasteiger partial charge is 0.309 e. The van der Waals surface area contributed by atoms with E-state index in [9.17, 15) is 0 Å². The van der Waals surface area contributed by atoms with Crippen LogP contribution in [0.15, 0.2) is 212 Å². The van der Waals surface area contributed by atoms with E-state index in [-0.39, 0.29) is 0 Å². The molecule has 0 spiro atoms. The Kier molecular flexibility index (Phi) is 7.92. The summed E-state index contributed by atoms with van der Waals surface area (Å²) in [5.74, 6) is 0. The SMILES string of the molecule is c1ccc(-c2ccc(N(c3ccc(-c4cccc(-c5ccccc5)c4)cc3-c3ccccc3)c3cc4ccccc4c4ccccc34)cc2)cc1. The summed E-state index contributed by atoms with van der Waals surface area (Å²) in [4.78, 5) is 2.45. The first-order valence-corrected chi connectivity index (χ1v) is 17.5. The maximum atomic E-state index is 2.45. The van der Waals surface area contributed by atoms with E-state index in [1.165, 1.54) is 66.1 Å². The lowest BCUT2D eigenvalue weighted by Crippen LogP contribution is -2.12. The van der Waals surface area contributed by atoms with E-state index in [0.29, 0.717) is 0 Å². The molecule has 0 aliphatic heterocycles. The fourth-order valence-electron chi connectivity index (χ4n) is 7.33. The maximum absolute atomic E-state index is 2.45. The topological polar surface area (TPSA) is 3.24 Å². The Morgan fingerprint density at radius 2 is 0.725 bits per heavy atom. The normalized spacial score (nSPS) is 11.1. The third-order valence-electron chi connectivity index (χ3n) is 9.85. The van der Waals surface area contributed by atoms with Gasteiger partial charge in [-0.2, -0.15) is 0 Å². The summed E-state index contributed by atoms with van der Waals surface area (Å²) in [7, 11) is 0. The van der Waals surface area contributed by atoms with Crippen molar-refractivity contribution in [3.05, 3.63) is 212 Å². The van der Waals surface area contributed by atoms with Gasteiger partial charge in [0.25, 0.3) is 0 Å². The van der Waals surface area contributed by atoms with Crippen LogP contribution in [0, 0.1) is 0 Å². The third kappa shape index (κ3) is 5.86. The summed E-state index contributed by atoms with van der Waals surface area (Å²) in [6, 6.07) is 76.7. The molecule has 9 aromatic carbocycles. The molecule has 0 aliphatic carbocycles. The first-order chi connectivity index (χ1) is 25.3. The summed E-state index contributed by atoms with van der Waals surface area (Å²) in [5.41, 5.74) is 12.9. The van der Waals surface area contributed by atoms with Crippen LogP contribution in [0.2, 0.25) is 0 Å². The number of hydrogen-bond acceptors (Lipinski definition) is 1. The van der Waals surface area contributed by atoms with Gasteiger partial charge >= 0.3 is 0 Å². The van der Waals surface area contributed by atoms with Gasteiger partial charge < -0.3 is 4.90 Å². The van der Waals surface area contributed by atoms with E-state index in [1.54, 1.807) is 0 Å². The summed E-state index contributed by atoms with van der Waals surface area (Å²) in [5, 5.41) is 4.93. The molecule has 1 heteroatoms. The van der Waals surface area contributed by atoms with Crippen molar-refractivity contribution in [3.8, 4) is 44.5 Å². The number of benzene rings is 9. The molecule has 0 aromatic heterocycles. The van der Waals surface area contributed by atoms with E-state index in [0.717, 1.165) is 17.1 Å². The second-order valence-electron chi connectivity index (χ2n) is 13.0. The summed E-state index contributed by atoms with van der Waals surface area (Å²) in [6.45, 7) is 0. The zero-order valence-corrected chi connectivity index (χ0v) is 28.2. The predicted molar refractivity (Wildman–Crippen MR) is 218 cm³/mol. The van der Waals surface area contributed by atoms with Gasteiger partial charge in [-0.3, -0.25) is 0 Å². The summed E-state index contributed by atoms with van der Waals surface area (Å²) < 4.78 is 0. The maximum Gasteiger partial charge on any atom is 0.0546 e. The van der Waals surface area contributed by atoms with Gasteiger partial charge in [-0.1, -0.05) is 176 Å². The van der Waals surface area contributed by atoms with Crippen LogP contribution >= 0.6 is 0 Å². The summed E-state index contributed by atoms with van der Waals surface area (Å²) >= 11 is 0. The molecule has 0 radical (unpaired) electrons. The van der Waals surface area contributed by atoms with Crippen LogP contribution in [0.3, 0.4) is 0 Å². The van der Waals surface area contributed by atoms with Gasteiger partial charge in [-0.15, -0.1) is 0 Å². The van der Waals surface area contributed by atoms with Crippen molar-refractivity contribution in [2.45, 2.75) is 0 Å². The lowest BCUT2D eigenvalue weighted by Gasteiger charge is -2.30. The van der Waals surface area contributed by atoms with Crippen LogP contribution < -0.4 is 4.90 Å². The Balaban J connectivity index is 1.28. The molecular formula is C50H35N. The fourth-order valence-corrected chi connectivity index (χ4v) is 7.33. The van der Waals surface area contributed by atoms with Gasteiger partial charge in [-0.05, 0) is 91.5 Å². The molecule has 9 aromatic rings. The van der Waals surface area contributed by atoms with Gasteiger partial charge in [-0.25, -0.2) is 0 Å². The molecule has 0 amide bonds. The molecule has 9 rings (SSSR count). The van der Waals surface area contributed by atoms with E-state index < -0.39 is 0 Å². The first kappa shape index (κ1) is 30.4. The molecule has 0 N–H and O–H groups in total. The quantitative estimate of drug-likeness (QED) is 0.155. The van der Waals surface area contributed by atoms with Crippen molar-refractivity contribution in [2.24, 2.45) is 0 Å². The Hall–Kier alpha value is -6.70. The Labute approximate surface area is 299 Å². The lowest BCUT2D eigenvalue weighted by molar-refractivity contribution is 1.30. The van der Waals surface area contributed by atoms with Crippen LogP contribution in [0.4, 0.5) is 17.1 Å². The van der Waals surface area contributed by atoms with E-state index in [4.69, 9.17) is 0 Å². The standard InChI is InChI=1S/C50H35N/c1-4-15-36(16-5-1)38-27-30-44(31-28-38)51(50-35-43-21-10-11-24-45(43)46-25-12-13-26-47(46)50)49-32-29-42(34-48(49)39-19-8-3-9-20-39)41-23-14-22-40(33-41)37-17-6-2-7-18-37/h1-35H. The molecule has 0 aliphatic rings. The molecule has 1 nitrogen and oxygen atoms in total. The van der Waals surface area contributed by atoms with Gasteiger partial charge in [0.15, 0.2) is 0 Å². The Morgan fingerprint density at radius 3 is 1.41 bits per heavy atom. The molecule has 0 heterocycles. The molecular weight excluding hydrogens is 615 g/mol.